The van der Waals surface area contributed by atoms with E-state index in [4.69, 9.17) is 0 Å². The number of rotatable bonds is 4. The van der Waals surface area contributed by atoms with Crippen molar-refractivity contribution < 1.29 is 19.2 Å². The third kappa shape index (κ3) is 3.63. The molecule has 0 aliphatic carbocycles. The number of hydrogen-bond acceptors (Lipinski definition) is 4. The first-order valence-corrected chi connectivity index (χ1v) is 11.3. The normalized spacial score (nSPS) is 19.3. The Morgan fingerprint density at radius 3 is 2.34 bits per heavy atom. The number of para-hydroxylation sites is 2. The van der Waals surface area contributed by atoms with Gasteiger partial charge in [-0.2, -0.15) is 0 Å². The molecule has 8 nitrogen and oxygen atoms in total. The summed E-state index contributed by atoms with van der Waals surface area (Å²) < 4.78 is 0. The lowest BCUT2D eigenvalue weighted by Crippen LogP contribution is -2.49. The number of aryl methyl sites for hydroxylation is 2. The van der Waals surface area contributed by atoms with Gasteiger partial charge < -0.3 is 10.6 Å². The van der Waals surface area contributed by atoms with Crippen LogP contribution < -0.4 is 15.5 Å². The van der Waals surface area contributed by atoms with E-state index in [9.17, 15) is 19.2 Å². The number of amides is 5. The molecular formula is C27H24N4O4. The second-order valence-electron chi connectivity index (χ2n) is 8.78. The highest BCUT2D eigenvalue weighted by Gasteiger charge is 2.54. The summed E-state index contributed by atoms with van der Waals surface area (Å²) in [6.45, 7) is 3.23. The van der Waals surface area contributed by atoms with Crippen molar-refractivity contribution in [3.63, 3.8) is 0 Å². The van der Waals surface area contributed by atoms with Crippen molar-refractivity contribution in [1.29, 1.82) is 0 Å². The molecule has 3 aromatic rings. The number of carbonyl (C=O) groups excluding carboxylic acids is 4. The lowest BCUT2D eigenvalue weighted by Gasteiger charge is -2.31. The molecule has 3 aromatic carbocycles. The van der Waals surface area contributed by atoms with E-state index in [0.717, 1.165) is 16.0 Å². The van der Waals surface area contributed by atoms with Crippen molar-refractivity contribution in [1.82, 2.24) is 10.2 Å². The minimum Gasteiger partial charge on any atom is -0.323 e. The molecule has 0 bridgehead atoms. The van der Waals surface area contributed by atoms with E-state index in [0.29, 0.717) is 22.5 Å². The second-order valence-corrected chi connectivity index (χ2v) is 8.78. The Hall–Kier alpha value is -4.46. The van der Waals surface area contributed by atoms with E-state index < -0.39 is 29.9 Å². The van der Waals surface area contributed by atoms with Crippen LogP contribution in [-0.4, -0.2) is 41.7 Å². The van der Waals surface area contributed by atoms with Crippen LogP contribution in [0.2, 0.25) is 0 Å². The van der Waals surface area contributed by atoms with Crippen LogP contribution in [0.1, 0.15) is 22.3 Å². The molecule has 2 N–H and O–H groups in total. The molecule has 0 aromatic heterocycles. The van der Waals surface area contributed by atoms with E-state index in [1.807, 2.05) is 38.1 Å². The van der Waals surface area contributed by atoms with Gasteiger partial charge >= 0.3 is 6.03 Å². The van der Waals surface area contributed by atoms with Gasteiger partial charge in [0.15, 0.2) is 5.54 Å². The largest absolute Gasteiger partial charge is 0.326 e. The Balaban J connectivity index is 1.52. The number of benzene rings is 3. The Morgan fingerprint density at radius 1 is 0.886 bits per heavy atom. The first-order valence-electron chi connectivity index (χ1n) is 11.3. The summed E-state index contributed by atoms with van der Waals surface area (Å²) in [5, 5.41) is 5.60. The van der Waals surface area contributed by atoms with Crippen molar-refractivity contribution >= 4 is 35.1 Å². The average molecular weight is 469 g/mol. The summed E-state index contributed by atoms with van der Waals surface area (Å²) in [4.78, 5) is 54.8. The molecule has 1 atom stereocenters. The molecule has 2 aliphatic heterocycles. The molecule has 5 rings (SSSR count). The number of anilines is 2. The second kappa shape index (κ2) is 8.39. The maximum Gasteiger partial charge on any atom is 0.326 e. The van der Waals surface area contributed by atoms with Gasteiger partial charge in [-0.3, -0.25) is 24.2 Å². The molecule has 0 radical (unpaired) electrons. The minimum atomic E-state index is -1.46. The maximum atomic E-state index is 14.0. The van der Waals surface area contributed by atoms with Crippen LogP contribution in [0.25, 0.3) is 0 Å². The third-order valence-electron chi connectivity index (χ3n) is 6.62. The van der Waals surface area contributed by atoms with Crippen molar-refractivity contribution in [3.05, 3.63) is 95.1 Å². The lowest BCUT2D eigenvalue weighted by atomic mass is 9.81. The summed E-state index contributed by atoms with van der Waals surface area (Å²) in [5.41, 5.74) is 2.81. The number of fused-ring (bicyclic) bond motifs is 1. The molecule has 0 saturated carbocycles. The van der Waals surface area contributed by atoms with Crippen molar-refractivity contribution in [3.8, 4) is 0 Å². The molecule has 2 heterocycles. The molecule has 1 saturated heterocycles. The molecule has 176 valence electrons. The van der Waals surface area contributed by atoms with Gasteiger partial charge in [-0.15, -0.1) is 0 Å². The Kier molecular flexibility index (Phi) is 5.36. The summed E-state index contributed by atoms with van der Waals surface area (Å²) in [6, 6.07) is 20.9. The molecule has 8 heteroatoms. The van der Waals surface area contributed by atoms with Gasteiger partial charge in [-0.05, 0) is 48.2 Å². The molecular weight excluding hydrogens is 444 g/mol. The number of hydrogen-bond donors (Lipinski definition) is 2. The molecule has 35 heavy (non-hydrogen) atoms. The summed E-state index contributed by atoms with van der Waals surface area (Å²) in [5.74, 6) is -1.41. The number of carbonyl (C=O) groups is 4. The zero-order chi connectivity index (χ0) is 24.7. The standard InChI is InChI=1S/C27H24N4O4/c1-17-12-13-20(14-18(17)2)27(19-8-4-3-5-9-19)25(34)31(26(35)29-27)16-24(33)30-15-23(32)28-21-10-6-7-11-22(21)30/h3-14H,15-16H2,1-2H3,(H,28,32)(H,29,35)/t27-/m1/s1. The Labute approximate surface area is 202 Å². The fourth-order valence-electron chi connectivity index (χ4n) is 4.62. The Bertz CT molecular complexity index is 1370. The van der Waals surface area contributed by atoms with Crippen molar-refractivity contribution in [2.75, 3.05) is 23.3 Å². The third-order valence-corrected chi connectivity index (χ3v) is 6.62. The molecule has 5 amide bonds. The number of nitrogens with zero attached hydrogens (tertiary/aromatic N) is 2. The zero-order valence-corrected chi connectivity index (χ0v) is 19.4. The van der Waals surface area contributed by atoms with Gasteiger partial charge in [0.25, 0.3) is 5.91 Å². The number of nitrogens with one attached hydrogen (secondary N) is 2. The fraction of sp³-hybridized carbons (Fsp3) is 0.185. The zero-order valence-electron chi connectivity index (χ0n) is 19.4. The summed E-state index contributed by atoms with van der Waals surface area (Å²) in [6.07, 6.45) is 0. The summed E-state index contributed by atoms with van der Waals surface area (Å²) >= 11 is 0. The van der Waals surface area contributed by atoms with Gasteiger partial charge in [-0.1, -0.05) is 60.7 Å². The van der Waals surface area contributed by atoms with E-state index in [1.54, 1.807) is 48.5 Å². The lowest BCUT2D eigenvalue weighted by molar-refractivity contribution is -0.133. The first-order chi connectivity index (χ1) is 16.8. The molecule has 0 unspecified atom stereocenters. The first kappa shape index (κ1) is 22.3. The van der Waals surface area contributed by atoms with Gasteiger partial charge in [-0.25, -0.2) is 4.79 Å². The smallest absolute Gasteiger partial charge is 0.323 e. The molecule has 0 spiro atoms. The van der Waals surface area contributed by atoms with Gasteiger partial charge in [0, 0.05) is 0 Å². The number of imide groups is 1. The van der Waals surface area contributed by atoms with Gasteiger partial charge in [0.1, 0.15) is 13.1 Å². The van der Waals surface area contributed by atoms with Crippen LogP contribution in [-0.2, 0) is 19.9 Å². The highest BCUT2D eigenvalue weighted by molar-refractivity contribution is 6.15. The monoisotopic (exact) mass is 468 g/mol. The van der Waals surface area contributed by atoms with Crippen LogP contribution in [0.4, 0.5) is 16.2 Å². The highest BCUT2D eigenvalue weighted by Crippen LogP contribution is 2.37. The van der Waals surface area contributed by atoms with E-state index in [-0.39, 0.29) is 12.5 Å². The minimum absolute atomic E-state index is 0.194. The quantitative estimate of drug-likeness (QED) is 0.575. The van der Waals surface area contributed by atoms with Crippen molar-refractivity contribution in [2.24, 2.45) is 0 Å². The Morgan fingerprint density at radius 2 is 1.60 bits per heavy atom. The van der Waals surface area contributed by atoms with Crippen LogP contribution in [0.5, 0.6) is 0 Å². The molecule has 1 fully saturated rings. The maximum absolute atomic E-state index is 14.0. The van der Waals surface area contributed by atoms with E-state index in [2.05, 4.69) is 10.6 Å². The summed E-state index contributed by atoms with van der Waals surface area (Å²) in [7, 11) is 0. The average Bonchev–Trinajstić information content (AvgIpc) is 3.11. The van der Waals surface area contributed by atoms with Crippen LogP contribution in [0.3, 0.4) is 0 Å². The predicted molar refractivity (Wildman–Crippen MR) is 131 cm³/mol. The van der Waals surface area contributed by atoms with Crippen LogP contribution in [0.15, 0.2) is 72.8 Å². The van der Waals surface area contributed by atoms with E-state index >= 15 is 0 Å². The van der Waals surface area contributed by atoms with Crippen LogP contribution in [0, 0.1) is 13.8 Å². The van der Waals surface area contributed by atoms with E-state index in [1.165, 1.54) is 4.90 Å². The SMILES string of the molecule is Cc1ccc([C@@]2(c3ccccc3)NC(=O)N(CC(=O)N3CC(=O)Nc4ccccc43)C2=O)cc1C. The highest BCUT2D eigenvalue weighted by atomic mass is 16.2. The topological polar surface area (TPSA) is 98.8 Å². The predicted octanol–water partition coefficient (Wildman–Crippen LogP) is 3.08. The van der Waals surface area contributed by atoms with Crippen molar-refractivity contribution in [2.45, 2.75) is 19.4 Å². The molecule has 2 aliphatic rings. The number of urea groups is 1. The van der Waals surface area contributed by atoms with Gasteiger partial charge in [0.05, 0.1) is 11.4 Å². The van der Waals surface area contributed by atoms with Crippen LogP contribution >= 0.6 is 0 Å². The van der Waals surface area contributed by atoms with Gasteiger partial charge in [0.2, 0.25) is 11.8 Å². The fourth-order valence-corrected chi connectivity index (χ4v) is 4.62.